The van der Waals surface area contributed by atoms with Gasteiger partial charge < -0.3 is 10.6 Å². The van der Waals surface area contributed by atoms with Gasteiger partial charge in [0.15, 0.2) is 0 Å². The summed E-state index contributed by atoms with van der Waals surface area (Å²) in [5, 5.41) is 0. The minimum absolute atomic E-state index is 0.0505. The summed E-state index contributed by atoms with van der Waals surface area (Å²) in [4.78, 5) is 14.5. The van der Waals surface area contributed by atoms with Gasteiger partial charge in [0.25, 0.3) is 0 Å². The van der Waals surface area contributed by atoms with Crippen molar-refractivity contribution in [3.8, 4) is 0 Å². The molecule has 2 unspecified atom stereocenters. The summed E-state index contributed by atoms with van der Waals surface area (Å²) in [6, 6.07) is 9.94. The van der Waals surface area contributed by atoms with Crippen molar-refractivity contribution in [1.29, 1.82) is 0 Å². The molecule has 0 spiro atoms. The van der Waals surface area contributed by atoms with E-state index in [2.05, 4.69) is 0 Å². The Hall–Kier alpha value is -1.42. The van der Waals surface area contributed by atoms with Gasteiger partial charge in [0.1, 0.15) is 0 Å². The summed E-state index contributed by atoms with van der Waals surface area (Å²) in [5.74, 6) is 0.297. The molecule has 0 aliphatic carbocycles. The number of nitrogens with two attached hydrogens (primary N) is 1. The van der Waals surface area contributed by atoms with Gasteiger partial charge in [-0.15, -0.1) is 0 Å². The Balaban J connectivity index is 2.13. The van der Waals surface area contributed by atoms with E-state index in [-0.39, 0.29) is 17.7 Å². The average molecular weight is 276 g/mol. The van der Waals surface area contributed by atoms with E-state index in [1.165, 1.54) is 0 Å². The predicted octanol–water partition coefficient (Wildman–Crippen LogP) is 2.31. The van der Waals surface area contributed by atoms with Crippen LogP contribution in [0.4, 0.5) is 0 Å². The predicted molar refractivity (Wildman–Crippen MR) is 80.9 cm³/mol. The molecule has 1 amide bonds. The topological polar surface area (TPSA) is 46.3 Å². The average Bonchev–Trinajstić information content (AvgIpc) is 2.41. The normalized spacial score (nSPS) is 21.2. The molecular formula is C15H20N2OS. The Morgan fingerprint density at radius 3 is 2.79 bits per heavy atom. The standard InChI is InChI=1S/C15H20N2OS/c1-11-6-5-9-17(15(11)18)10-13(14(16)19)12-7-3-2-4-8-12/h2-4,7-8,11,13H,5-6,9-10H2,1H3,(H2,16,19). The zero-order chi connectivity index (χ0) is 13.8. The van der Waals surface area contributed by atoms with Gasteiger partial charge in [-0.25, -0.2) is 0 Å². The van der Waals surface area contributed by atoms with Gasteiger partial charge in [-0.3, -0.25) is 4.79 Å². The zero-order valence-electron chi connectivity index (χ0n) is 11.2. The van der Waals surface area contributed by atoms with E-state index in [9.17, 15) is 4.79 Å². The number of rotatable bonds is 4. The molecule has 1 heterocycles. The van der Waals surface area contributed by atoms with Gasteiger partial charge in [-0.05, 0) is 18.4 Å². The molecule has 0 bridgehead atoms. The maximum Gasteiger partial charge on any atom is 0.225 e. The fraction of sp³-hybridized carbons (Fsp3) is 0.467. The summed E-state index contributed by atoms with van der Waals surface area (Å²) in [7, 11) is 0. The Morgan fingerprint density at radius 2 is 2.16 bits per heavy atom. The fourth-order valence-corrected chi connectivity index (χ4v) is 2.79. The first kappa shape index (κ1) is 14.0. The number of benzene rings is 1. The molecule has 2 rings (SSSR count). The Labute approximate surface area is 119 Å². The molecule has 4 heteroatoms. The minimum atomic E-state index is -0.0505. The largest absolute Gasteiger partial charge is 0.393 e. The van der Waals surface area contributed by atoms with Crippen LogP contribution in [0.15, 0.2) is 30.3 Å². The Morgan fingerprint density at radius 1 is 1.47 bits per heavy atom. The molecule has 102 valence electrons. The highest BCUT2D eigenvalue weighted by molar-refractivity contribution is 7.80. The number of hydrogen-bond acceptors (Lipinski definition) is 2. The lowest BCUT2D eigenvalue weighted by atomic mass is 9.94. The van der Waals surface area contributed by atoms with Crippen molar-refractivity contribution >= 4 is 23.1 Å². The summed E-state index contributed by atoms with van der Waals surface area (Å²) in [6.07, 6.45) is 2.05. The molecule has 1 saturated heterocycles. The second-order valence-electron chi connectivity index (χ2n) is 5.19. The van der Waals surface area contributed by atoms with E-state index in [1.54, 1.807) is 0 Å². The minimum Gasteiger partial charge on any atom is -0.393 e. The third kappa shape index (κ3) is 3.32. The number of likely N-dealkylation sites (tertiary alicyclic amines) is 1. The van der Waals surface area contributed by atoms with Crippen LogP contribution in [0, 0.1) is 5.92 Å². The van der Waals surface area contributed by atoms with Crippen LogP contribution < -0.4 is 5.73 Å². The SMILES string of the molecule is CC1CCCN(CC(C(N)=S)c2ccccc2)C1=O. The van der Waals surface area contributed by atoms with Gasteiger partial charge in [0, 0.05) is 19.0 Å². The molecule has 2 N–H and O–H groups in total. The summed E-state index contributed by atoms with van der Waals surface area (Å²) in [5.41, 5.74) is 6.94. The van der Waals surface area contributed by atoms with Gasteiger partial charge in [-0.1, -0.05) is 49.5 Å². The third-order valence-corrected chi connectivity index (χ3v) is 4.03. The number of carbonyl (C=O) groups is 1. The van der Waals surface area contributed by atoms with Crippen molar-refractivity contribution in [3.05, 3.63) is 35.9 Å². The van der Waals surface area contributed by atoms with Gasteiger partial charge in [0.05, 0.1) is 10.9 Å². The number of amides is 1. The van der Waals surface area contributed by atoms with E-state index in [0.717, 1.165) is 24.9 Å². The molecule has 1 aliphatic heterocycles. The van der Waals surface area contributed by atoms with Gasteiger partial charge in [-0.2, -0.15) is 0 Å². The summed E-state index contributed by atoms with van der Waals surface area (Å²) < 4.78 is 0. The van der Waals surface area contributed by atoms with Crippen LogP contribution in [-0.4, -0.2) is 28.9 Å². The van der Waals surface area contributed by atoms with Crippen LogP contribution in [0.3, 0.4) is 0 Å². The monoisotopic (exact) mass is 276 g/mol. The van der Waals surface area contributed by atoms with Gasteiger partial charge in [0.2, 0.25) is 5.91 Å². The van der Waals surface area contributed by atoms with Crippen molar-refractivity contribution in [1.82, 2.24) is 4.90 Å². The maximum absolute atomic E-state index is 12.2. The van der Waals surface area contributed by atoms with Crippen molar-refractivity contribution in [2.24, 2.45) is 11.7 Å². The van der Waals surface area contributed by atoms with E-state index in [1.807, 2.05) is 42.2 Å². The van der Waals surface area contributed by atoms with Crippen molar-refractivity contribution in [2.75, 3.05) is 13.1 Å². The second kappa shape index (κ2) is 6.15. The first-order valence-electron chi connectivity index (χ1n) is 6.72. The number of nitrogens with zero attached hydrogens (tertiary/aromatic N) is 1. The molecule has 0 saturated carbocycles. The first-order chi connectivity index (χ1) is 9.09. The lowest BCUT2D eigenvalue weighted by Gasteiger charge is -2.33. The molecule has 0 radical (unpaired) electrons. The first-order valence-corrected chi connectivity index (χ1v) is 7.13. The smallest absolute Gasteiger partial charge is 0.225 e. The van der Waals surface area contributed by atoms with Crippen LogP contribution in [-0.2, 0) is 4.79 Å². The lowest BCUT2D eigenvalue weighted by molar-refractivity contribution is -0.137. The van der Waals surface area contributed by atoms with Crippen molar-refractivity contribution < 1.29 is 4.79 Å². The summed E-state index contributed by atoms with van der Waals surface area (Å²) >= 11 is 5.18. The molecule has 19 heavy (non-hydrogen) atoms. The number of thiocarbonyl (C=S) groups is 1. The highest BCUT2D eigenvalue weighted by Crippen LogP contribution is 2.23. The van der Waals surface area contributed by atoms with E-state index >= 15 is 0 Å². The number of carbonyl (C=O) groups excluding carboxylic acids is 1. The molecular weight excluding hydrogens is 256 g/mol. The van der Waals surface area contributed by atoms with E-state index in [4.69, 9.17) is 18.0 Å². The quantitative estimate of drug-likeness (QED) is 0.858. The Bertz CT molecular complexity index is 460. The zero-order valence-corrected chi connectivity index (χ0v) is 12.0. The highest BCUT2D eigenvalue weighted by atomic mass is 32.1. The van der Waals surface area contributed by atoms with Crippen LogP contribution >= 0.6 is 12.2 Å². The van der Waals surface area contributed by atoms with Crippen LogP contribution in [0.2, 0.25) is 0 Å². The molecule has 1 aromatic rings. The van der Waals surface area contributed by atoms with E-state index < -0.39 is 0 Å². The number of piperidine rings is 1. The fourth-order valence-electron chi connectivity index (χ4n) is 2.58. The lowest BCUT2D eigenvalue weighted by Crippen LogP contribution is -2.44. The molecule has 1 fully saturated rings. The van der Waals surface area contributed by atoms with E-state index in [0.29, 0.717) is 11.5 Å². The van der Waals surface area contributed by atoms with Crippen molar-refractivity contribution in [2.45, 2.75) is 25.7 Å². The maximum atomic E-state index is 12.2. The number of hydrogen-bond donors (Lipinski definition) is 1. The molecule has 1 aromatic carbocycles. The molecule has 1 aliphatic rings. The van der Waals surface area contributed by atoms with Crippen LogP contribution in [0.25, 0.3) is 0 Å². The third-order valence-electron chi connectivity index (χ3n) is 3.75. The second-order valence-corrected chi connectivity index (χ2v) is 5.66. The molecule has 3 nitrogen and oxygen atoms in total. The Kier molecular flexibility index (Phi) is 4.53. The summed E-state index contributed by atoms with van der Waals surface area (Å²) in [6.45, 7) is 3.41. The molecule has 0 aromatic heterocycles. The van der Waals surface area contributed by atoms with Crippen molar-refractivity contribution in [3.63, 3.8) is 0 Å². The van der Waals surface area contributed by atoms with Crippen LogP contribution in [0.5, 0.6) is 0 Å². The highest BCUT2D eigenvalue weighted by Gasteiger charge is 2.28. The van der Waals surface area contributed by atoms with Crippen LogP contribution in [0.1, 0.15) is 31.2 Å². The molecule has 2 atom stereocenters. The van der Waals surface area contributed by atoms with Gasteiger partial charge >= 0.3 is 0 Å².